The first-order valence-corrected chi connectivity index (χ1v) is 10.6. The minimum absolute atomic E-state index is 0. The first-order valence-electron chi connectivity index (χ1n) is 10.2. The summed E-state index contributed by atoms with van der Waals surface area (Å²) < 4.78 is 5.40. The Morgan fingerprint density at radius 1 is 1.09 bits per heavy atom. The number of nitrogens with one attached hydrogen (secondary N) is 3. The van der Waals surface area contributed by atoms with Gasteiger partial charge in [0.15, 0.2) is 11.8 Å². The second-order valence-electron chi connectivity index (χ2n) is 7.54. The molecule has 3 aromatic rings. The molecule has 1 fully saturated rings. The van der Waals surface area contributed by atoms with E-state index in [2.05, 4.69) is 10.6 Å². The number of hydrogen-bond donors (Lipinski definition) is 4. The van der Waals surface area contributed by atoms with Gasteiger partial charge in [0, 0.05) is 22.5 Å². The van der Waals surface area contributed by atoms with Crippen molar-refractivity contribution in [3.8, 4) is 5.75 Å². The van der Waals surface area contributed by atoms with Gasteiger partial charge in [0.1, 0.15) is 11.6 Å². The number of ether oxygens (including phenoxy) is 1. The Morgan fingerprint density at radius 2 is 1.82 bits per heavy atom. The molecule has 1 aliphatic carbocycles. The third-order valence-electron chi connectivity index (χ3n) is 5.39. The Labute approximate surface area is 210 Å². The van der Waals surface area contributed by atoms with Gasteiger partial charge in [0.2, 0.25) is 0 Å². The Morgan fingerprint density at radius 3 is 2.52 bits per heavy atom. The fourth-order valence-electron chi connectivity index (χ4n) is 3.86. The normalized spacial score (nSPS) is 17.3. The Balaban J connectivity index is 0.00000193. The van der Waals surface area contributed by atoms with Gasteiger partial charge in [0.05, 0.1) is 12.6 Å². The number of rotatable bonds is 6. The molecule has 0 aliphatic heterocycles. The fraction of sp³-hybridized carbons (Fsp3) is 0.261. The van der Waals surface area contributed by atoms with E-state index in [0.717, 1.165) is 47.3 Å². The summed E-state index contributed by atoms with van der Waals surface area (Å²) in [6.07, 6.45) is 6.82. The number of guanidine groups is 1. The molecule has 0 spiro atoms. The Bertz CT molecular complexity index is 1120. The van der Waals surface area contributed by atoms with Crippen molar-refractivity contribution in [2.45, 2.75) is 31.3 Å². The molecule has 5 N–H and O–H groups in total. The molecule has 176 valence electrons. The maximum atomic E-state index is 7.58. The third-order valence-corrected chi connectivity index (χ3v) is 5.65. The van der Waals surface area contributed by atoms with Crippen molar-refractivity contribution >= 4 is 71.2 Å². The number of methoxy groups -OCH3 is 1. The molecule has 7 nitrogen and oxygen atoms in total. The molecule has 0 amide bonds. The first kappa shape index (κ1) is 26.5. The van der Waals surface area contributed by atoms with Crippen LogP contribution in [0.3, 0.4) is 0 Å². The number of fused-ring (bicyclic) bond motifs is 1. The molecule has 1 aromatic heterocycles. The summed E-state index contributed by atoms with van der Waals surface area (Å²) in [6.45, 7) is 0. The topological polar surface area (TPSA) is 109 Å². The molecule has 33 heavy (non-hydrogen) atoms. The molecule has 1 saturated carbocycles. The van der Waals surface area contributed by atoms with Crippen molar-refractivity contribution in [2.24, 2.45) is 5.73 Å². The lowest BCUT2D eigenvalue weighted by Gasteiger charge is -2.23. The minimum Gasteiger partial charge on any atom is -0.497 e. The molecule has 0 unspecified atom stereocenters. The highest BCUT2D eigenvalue weighted by Gasteiger charge is 2.28. The zero-order valence-corrected chi connectivity index (χ0v) is 20.4. The lowest BCUT2D eigenvalue weighted by Crippen LogP contribution is -2.46. The summed E-state index contributed by atoms with van der Waals surface area (Å²) in [4.78, 5) is 9.48. The number of halogens is 3. The van der Waals surface area contributed by atoms with Gasteiger partial charge in [0.25, 0.3) is 0 Å². The summed E-state index contributed by atoms with van der Waals surface area (Å²) in [6, 6.07) is 13.5. The van der Waals surface area contributed by atoms with Gasteiger partial charge < -0.3 is 21.1 Å². The van der Waals surface area contributed by atoms with Crippen LogP contribution in [0, 0.1) is 5.41 Å². The SMILES string of the molecule is COc1ccc2nc(C=Cc3ccc(Cl)cc3)nc(N[C@@H]3CCC[C@@H]3NC(=N)N)c2c1.Cl.Cl. The highest BCUT2D eigenvalue weighted by atomic mass is 35.5. The number of benzene rings is 2. The van der Waals surface area contributed by atoms with Crippen LogP contribution in [-0.4, -0.2) is 35.1 Å². The number of hydrogen-bond acceptors (Lipinski definition) is 5. The second kappa shape index (κ2) is 11.9. The monoisotopic (exact) mass is 508 g/mol. The van der Waals surface area contributed by atoms with E-state index in [-0.39, 0.29) is 42.9 Å². The number of nitrogens with two attached hydrogens (primary N) is 1. The molecule has 4 rings (SSSR count). The standard InChI is InChI=1S/C23H25ClN6O.2ClH/c1-31-16-10-11-18-17(13-16)22(28-19-3-2-4-20(19)29-23(25)26)30-21(27-18)12-7-14-5-8-15(24)9-6-14;;/h5-13,19-20H,2-4H2,1H3,(H4,25,26,29)(H,27,28,30);2*1H/t19-,20+;;/m1../s1. The molecular weight excluding hydrogens is 483 g/mol. The zero-order valence-electron chi connectivity index (χ0n) is 18.0. The van der Waals surface area contributed by atoms with E-state index < -0.39 is 0 Å². The van der Waals surface area contributed by atoms with Gasteiger partial charge in [-0.3, -0.25) is 5.41 Å². The van der Waals surface area contributed by atoms with Crippen molar-refractivity contribution in [1.29, 1.82) is 5.41 Å². The quantitative estimate of drug-likeness (QED) is 0.271. The summed E-state index contributed by atoms with van der Waals surface area (Å²) in [7, 11) is 1.64. The fourth-order valence-corrected chi connectivity index (χ4v) is 3.99. The van der Waals surface area contributed by atoms with Crippen LogP contribution in [0.15, 0.2) is 42.5 Å². The maximum absolute atomic E-state index is 7.58. The third kappa shape index (κ3) is 6.63. The van der Waals surface area contributed by atoms with Crippen molar-refractivity contribution in [2.75, 3.05) is 12.4 Å². The molecule has 1 heterocycles. The van der Waals surface area contributed by atoms with Gasteiger partial charge >= 0.3 is 0 Å². The second-order valence-corrected chi connectivity index (χ2v) is 7.98. The van der Waals surface area contributed by atoms with Gasteiger partial charge in [-0.05, 0) is 61.2 Å². The smallest absolute Gasteiger partial charge is 0.185 e. The van der Waals surface area contributed by atoms with Crippen LogP contribution in [-0.2, 0) is 0 Å². The summed E-state index contributed by atoms with van der Waals surface area (Å²) in [5.41, 5.74) is 7.40. The van der Waals surface area contributed by atoms with Crippen molar-refractivity contribution < 1.29 is 4.74 Å². The van der Waals surface area contributed by atoms with Crippen molar-refractivity contribution in [3.05, 3.63) is 58.9 Å². The van der Waals surface area contributed by atoms with Crippen LogP contribution in [0.25, 0.3) is 23.1 Å². The van der Waals surface area contributed by atoms with Crippen LogP contribution in [0.1, 0.15) is 30.7 Å². The number of anilines is 1. The van der Waals surface area contributed by atoms with Gasteiger partial charge in [-0.15, -0.1) is 24.8 Å². The van der Waals surface area contributed by atoms with Gasteiger partial charge in [-0.25, -0.2) is 9.97 Å². The average Bonchev–Trinajstić information content (AvgIpc) is 3.19. The molecular formula is C23H27Cl3N6O. The van der Waals surface area contributed by atoms with E-state index >= 15 is 0 Å². The van der Waals surface area contributed by atoms with Crippen LogP contribution in [0.4, 0.5) is 5.82 Å². The van der Waals surface area contributed by atoms with E-state index in [4.69, 9.17) is 37.4 Å². The highest BCUT2D eigenvalue weighted by molar-refractivity contribution is 6.30. The molecule has 2 atom stereocenters. The van der Waals surface area contributed by atoms with Gasteiger partial charge in [-0.2, -0.15) is 0 Å². The lowest BCUT2D eigenvalue weighted by molar-refractivity contribution is 0.415. The Kier molecular flexibility index (Phi) is 9.58. The molecule has 0 radical (unpaired) electrons. The summed E-state index contributed by atoms with van der Waals surface area (Å²) in [5, 5.41) is 15.8. The van der Waals surface area contributed by atoms with Crippen LogP contribution in [0.5, 0.6) is 5.75 Å². The van der Waals surface area contributed by atoms with Crippen molar-refractivity contribution in [3.63, 3.8) is 0 Å². The van der Waals surface area contributed by atoms with E-state index in [1.807, 2.05) is 54.6 Å². The number of aromatic nitrogens is 2. The predicted molar refractivity (Wildman–Crippen MR) is 141 cm³/mol. The lowest BCUT2D eigenvalue weighted by atomic mass is 10.1. The van der Waals surface area contributed by atoms with Crippen LogP contribution >= 0.6 is 36.4 Å². The molecule has 0 saturated heterocycles. The van der Waals surface area contributed by atoms with Crippen molar-refractivity contribution in [1.82, 2.24) is 15.3 Å². The van der Waals surface area contributed by atoms with Crippen LogP contribution < -0.4 is 21.1 Å². The van der Waals surface area contributed by atoms with E-state index in [9.17, 15) is 0 Å². The molecule has 0 bridgehead atoms. The predicted octanol–water partition coefficient (Wildman–Crippen LogP) is 5.12. The minimum atomic E-state index is -0.0144. The Hall–Kier alpha value is -2.74. The molecule has 1 aliphatic rings. The first-order chi connectivity index (χ1) is 15.0. The van der Waals surface area contributed by atoms with E-state index in [0.29, 0.717) is 10.8 Å². The van der Waals surface area contributed by atoms with E-state index in [1.54, 1.807) is 7.11 Å². The maximum Gasteiger partial charge on any atom is 0.185 e. The summed E-state index contributed by atoms with van der Waals surface area (Å²) in [5.74, 6) is 2.07. The van der Waals surface area contributed by atoms with Gasteiger partial charge in [-0.1, -0.05) is 29.8 Å². The largest absolute Gasteiger partial charge is 0.497 e. The van der Waals surface area contributed by atoms with Crippen LogP contribution in [0.2, 0.25) is 5.02 Å². The van der Waals surface area contributed by atoms with E-state index in [1.165, 1.54) is 0 Å². The zero-order chi connectivity index (χ0) is 21.8. The number of nitrogens with zero attached hydrogens (tertiary/aromatic N) is 2. The highest BCUT2D eigenvalue weighted by Crippen LogP contribution is 2.29. The average molecular weight is 510 g/mol. The summed E-state index contributed by atoms with van der Waals surface area (Å²) >= 11 is 5.97. The molecule has 2 aromatic carbocycles. The molecule has 10 heteroatoms.